The van der Waals surface area contributed by atoms with Crippen LogP contribution < -0.4 is 4.72 Å². The average Bonchev–Trinajstić information content (AvgIpc) is 2.35. The minimum absolute atomic E-state index is 0.158. The van der Waals surface area contributed by atoms with Crippen molar-refractivity contribution in [1.82, 2.24) is 9.62 Å². The quantitative estimate of drug-likeness (QED) is 0.914. The van der Waals surface area contributed by atoms with E-state index in [1.54, 1.807) is 0 Å². The molecule has 1 N–H and O–H groups in total. The largest absolute Gasteiger partial charge is 0.306 e. The first kappa shape index (κ1) is 14.4. The topological polar surface area (TPSA) is 49.4 Å². The van der Waals surface area contributed by atoms with E-state index in [1.807, 2.05) is 7.05 Å². The summed E-state index contributed by atoms with van der Waals surface area (Å²) < 4.78 is 52.5. The zero-order valence-corrected chi connectivity index (χ0v) is 11.4. The summed E-state index contributed by atoms with van der Waals surface area (Å²) in [5.41, 5.74) is 0. The Kier molecular flexibility index (Phi) is 4.17. The van der Waals surface area contributed by atoms with Crippen LogP contribution in [0.5, 0.6) is 0 Å². The van der Waals surface area contributed by atoms with E-state index in [2.05, 4.69) is 9.62 Å². The Hall–Kier alpha value is -1.05. The van der Waals surface area contributed by atoms with Gasteiger partial charge in [0.2, 0.25) is 10.0 Å². The molecule has 1 aromatic rings. The van der Waals surface area contributed by atoms with Crippen molar-refractivity contribution in [3.05, 3.63) is 29.8 Å². The lowest BCUT2D eigenvalue weighted by molar-refractivity contribution is 0.248. The van der Waals surface area contributed by atoms with Crippen LogP contribution in [0.3, 0.4) is 0 Å². The molecule has 1 fully saturated rings. The van der Waals surface area contributed by atoms with E-state index < -0.39 is 21.7 Å². The first-order valence-electron chi connectivity index (χ1n) is 6.04. The monoisotopic (exact) mass is 290 g/mol. The smallest absolute Gasteiger partial charge is 0.240 e. The van der Waals surface area contributed by atoms with Gasteiger partial charge in [0.1, 0.15) is 0 Å². The van der Waals surface area contributed by atoms with Crippen molar-refractivity contribution >= 4 is 10.0 Å². The van der Waals surface area contributed by atoms with Gasteiger partial charge in [-0.05, 0) is 51.2 Å². The van der Waals surface area contributed by atoms with Gasteiger partial charge in [-0.25, -0.2) is 21.9 Å². The molecule has 19 heavy (non-hydrogen) atoms. The molecule has 2 rings (SSSR count). The molecule has 0 bridgehead atoms. The third-order valence-electron chi connectivity index (χ3n) is 3.24. The molecule has 0 amide bonds. The molecular formula is C12H16F2N2O2S. The Morgan fingerprint density at radius 3 is 2.42 bits per heavy atom. The zero-order valence-electron chi connectivity index (χ0n) is 10.6. The lowest BCUT2D eigenvalue weighted by Crippen LogP contribution is -2.43. The van der Waals surface area contributed by atoms with Crippen LogP contribution in [0.2, 0.25) is 0 Å². The van der Waals surface area contributed by atoms with Gasteiger partial charge in [0, 0.05) is 6.04 Å². The van der Waals surface area contributed by atoms with Crippen LogP contribution in [-0.2, 0) is 10.0 Å². The van der Waals surface area contributed by atoms with Gasteiger partial charge >= 0.3 is 0 Å². The van der Waals surface area contributed by atoms with Gasteiger partial charge in [0.05, 0.1) is 4.90 Å². The number of likely N-dealkylation sites (tertiary alicyclic amines) is 1. The summed E-state index contributed by atoms with van der Waals surface area (Å²) in [4.78, 5) is 1.87. The van der Waals surface area contributed by atoms with Crippen molar-refractivity contribution < 1.29 is 17.2 Å². The summed E-state index contributed by atoms with van der Waals surface area (Å²) in [6, 6.07) is 2.43. The minimum Gasteiger partial charge on any atom is -0.306 e. The van der Waals surface area contributed by atoms with Crippen LogP contribution in [0.15, 0.2) is 23.1 Å². The molecule has 1 aromatic carbocycles. The molecule has 0 unspecified atom stereocenters. The maximum Gasteiger partial charge on any atom is 0.240 e. The molecule has 0 saturated carbocycles. The summed E-state index contributed by atoms with van der Waals surface area (Å²) in [7, 11) is -1.82. The highest BCUT2D eigenvalue weighted by Crippen LogP contribution is 2.16. The van der Waals surface area contributed by atoms with E-state index in [0.717, 1.165) is 25.2 Å². The Labute approximate surface area is 111 Å². The highest BCUT2D eigenvalue weighted by Gasteiger charge is 2.24. The number of sulfonamides is 1. The summed E-state index contributed by atoms with van der Waals surface area (Å²) >= 11 is 0. The highest BCUT2D eigenvalue weighted by atomic mass is 32.2. The Morgan fingerprint density at radius 2 is 1.84 bits per heavy atom. The number of hydrogen-bond donors (Lipinski definition) is 1. The fourth-order valence-electron chi connectivity index (χ4n) is 2.06. The van der Waals surface area contributed by atoms with Crippen LogP contribution in [0.1, 0.15) is 12.8 Å². The van der Waals surface area contributed by atoms with E-state index >= 15 is 0 Å². The Balaban J connectivity index is 2.11. The van der Waals surface area contributed by atoms with Crippen molar-refractivity contribution in [2.24, 2.45) is 0 Å². The van der Waals surface area contributed by atoms with Gasteiger partial charge in [-0.2, -0.15) is 0 Å². The molecule has 0 spiro atoms. The summed E-state index contributed by atoms with van der Waals surface area (Å²) in [6.07, 6.45) is 1.42. The van der Waals surface area contributed by atoms with Gasteiger partial charge in [0.15, 0.2) is 11.6 Å². The molecular weight excluding hydrogens is 274 g/mol. The molecule has 0 atom stereocenters. The molecule has 106 valence electrons. The molecule has 0 aliphatic carbocycles. The van der Waals surface area contributed by atoms with E-state index in [0.29, 0.717) is 18.9 Å². The number of piperidine rings is 1. The Bertz CT molecular complexity index is 555. The third kappa shape index (κ3) is 3.49. The first-order chi connectivity index (χ1) is 8.88. The molecule has 0 radical (unpaired) electrons. The number of nitrogens with zero attached hydrogens (tertiary/aromatic N) is 1. The van der Waals surface area contributed by atoms with Crippen LogP contribution in [-0.4, -0.2) is 39.5 Å². The minimum atomic E-state index is -3.79. The zero-order chi connectivity index (χ0) is 14.0. The predicted octanol–water partition coefficient (Wildman–Crippen LogP) is 1.34. The second-order valence-electron chi connectivity index (χ2n) is 4.77. The summed E-state index contributed by atoms with van der Waals surface area (Å²) in [5, 5.41) is 0. The highest BCUT2D eigenvalue weighted by molar-refractivity contribution is 7.89. The van der Waals surface area contributed by atoms with Gasteiger partial charge < -0.3 is 4.90 Å². The first-order valence-corrected chi connectivity index (χ1v) is 7.53. The number of halogens is 2. The molecule has 1 saturated heterocycles. The number of rotatable bonds is 3. The van der Waals surface area contributed by atoms with E-state index in [9.17, 15) is 17.2 Å². The van der Waals surface area contributed by atoms with Crippen LogP contribution in [0, 0.1) is 11.6 Å². The van der Waals surface area contributed by atoms with Gasteiger partial charge in [0.25, 0.3) is 0 Å². The molecule has 4 nitrogen and oxygen atoms in total. The van der Waals surface area contributed by atoms with E-state index in [-0.39, 0.29) is 10.9 Å². The van der Waals surface area contributed by atoms with E-state index in [1.165, 1.54) is 0 Å². The SMILES string of the molecule is CN1CCC(NS(=O)(=O)c2ccc(F)c(F)c2)CC1. The summed E-state index contributed by atoms with van der Waals surface area (Å²) in [5.74, 6) is -2.22. The predicted molar refractivity (Wildman–Crippen MR) is 67.2 cm³/mol. The fraction of sp³-hybridized carbons (Fsp3) is 0.500. The van der Waals surface area contributed by atoms with E-state index in [4.69, 9.17) is 0 Å². The number of nitrogens with one attached hydrogen (secondary N) is 1. The second-order valence-corrected chi connectivity index (χ2v) is 6.49. The number of hydrogen-bond acceptors (Lipinski definition) is 3. The molecule has 7 heteroatoms. The van der Waals surface area contributed by atoms with Crippen LogP contribution in [0.25, 0.3) is 0 Å². The van der Waals surface area contributed by atoms with Crippen molar-refractivity contribution in [1.29, 1.82) is 0 Å². The van der Waals surface area contributed by atoms with Crippen molar-refractivity contribution in [2.45, 2.75) is 23.8 Å². The Morgan fingerprint density at radius 1 is 1.21 bits per heavy atom. The lowest BCUT2D eigenvalue weighted by Gasteiger charge is -2.29. The number of benzene rings is 1. The van der Waals surface area contributed by atoms with Gasteiger partial charge in [-0.3, -0.25) is 0 Å². The standard InChI is InChI=1S/C12H16F2N2O2S/c1-16-6-4-9(5-7-16)15-19(17,18)10-2-3-11(13)12(14)8-10/h2-3,8-9,15H,4-7H2,1H3. The second kappa shape index (κ2) is 5.52. The van der Waals surface area contributed by atoms with Crippen molar-refractivity contribution in [3.8, 4) is 0 Å². The lowest BCUT2D eigenvalue weighted by atomic mass is 10.1. The van der Waals surface area contributed by atoms with Gasteiger partial charge in [-0.1, -0.05) is 0 Å². The third-order valence-corrected chi connectivity index (χ3v) is 4.76. The van der Waals surface area contributed by atoms with Crippen LogP contribution >= 0.6 is 0 Å². The molecule has 1 heterocycles. The molecule has 1 aliphatic heterocycles. The normalized spacial score (nSPS) is 18.7. The van der Waals surface area contributed by atoms with Crippen LogP contribution in [0.4, 0.5) is 8.78 Å². The molecule has 1 aliphatic rings. The van der Waals surface area contributed by atoms with Crippen molar-refractivity contribution in [3.63, 3.8) is 0 Å². The average molecular weight is 290 g/mol. The maximum atomic E-state index is 13.1. The molecule has 0 aromatic heterocycles. The van der Waals surface area contributed by atoms with Crippen molar-refractivity contribution in [2.75, 3.05) is 20.1 Å². The van der Waals surface area contributed by atoms with Gasteiger partial charge in [-0.15, -0.1) is 0 Å². The fourth-order valence-corrected chi connectivity index (χ4v) is 3.37. The summed E-state index contributed by atoms with van der Waals surface area (Å²) in [6.45, 7) is 1.62. The maximum absolute atomic E-state index is 13.1.